The summed E-state index contributed by atoms with van der Waals surface area (Å²) in [5.74, 6) is 0.499. The molecular weight excluding hydrogens is 362 g/mol. The fourth-order valence-corrected chi connectivity index (χ4v) is 3.68. The van der Waals surface area contributed by atoms with E-state index in [4.69, 9.17) is 11.6 Å². The summed E-state index contributed by atoms with van der Waals surface area (Å²) in [6, 6.07) is 7.04. The Balaban J connectivity index is 1.80. The van der Waals surface area contributed by atoms with Gasteiger partial charge in [0.25, 0.3) is 0 Å². The molecule has 1 N–H and O–H groups in total. The first-order chi connectivity index (χ1) is 12.0. The molecule has 0 bridgehead atoms. The minimum atomic E-state index is -0.434. The van der Waals surface area contributed by atoms with Crippen molar-refractivity contribution < 1.29 is 9.59 Å². The normalized spacial score (nSPS) is 15.3. The molecule has 2 heterocycles. The smallest absolute Gasteiger partial charge is 0.324 e. The molecule has 0 spiro atoms. The second-order valence-corrected chi connectivity index (χ2v) is 7.28. The second-order valence-electron chi connectivity index (χ2n) is 5.54. The van der Waals surface area contributed by atoms with E-state index in [1.54, 1.807) is 19.1 Å². The van der Waals surface area contributed by atoms with E-state index in [0.29, 0.717) is 29.8 Å². The average molecular weight is 380 g/mol. The number of aromatic nitrogens is 3. The van der Waals surface area contributed by atoms with Crippen LogP contribution in [-0.2, 0) is 11.3 Å². The SMILES string of the molecule is CCn1c(S[C@@H](C)C(=O)N2CCNC2=O)nnc1-c1ccc(Cl)cc1. The lowest BCUT2D eigenvalue weighted by Gasteiger charge is -2.17. The van der Waals surface area contributed by atoms with Gasteiger partial charge in [0, 0.05) is 30.2 Å². The first kappa shape index (κ1) is 17.8. The summed E-state index contributed by atoms with van der Waals surface area (Å²) in [6.45, 7) is 5.33. The number of imide groups is 1. The highest BCUT2D eigenvalue weighted by Crippen LogP contribution is 2.28. The van der Waals surface area contributed by atoms with Gasteiger partial charge < -0.3 is 9.88 Å². The lowest BCUT2D eigenvalue weighted by Crippen LogP contribution is -2.39. The predicted molar refractivity (Wildman–Crippen MR) is 96.6 cm³/mol. The van der Waals surface area contributed by atoms with Gasteiger partial charge in [0.1, 0.15) is 0 Å². The van der Waals surface area contributed by atoms with Crippen molar-refractivity contribution >= 4 is 35.3 Å². The van der Waals surface area contributed by atoms with Crippen molar-refractivity contribution in [2.45, 2.75) is 30.8 Å². The molecule has 9 heteroatoms. The Morgan fingerprint density at radius 3 is 2.68 bits per heavy atom. The molecule has 1 atom stereocenters. The van der Waals surface area contributed by atoms with Crippen molar-refractivity contribution in [1.82, 2.24) is 25.0 Å². The Bertz CT molecular complexity index is 792. The standard InChI is InChI=1S/C16H18ClN5O2S/c1-3-21-13(11-4-6-12(17)7-5-11)19-20-16(21)25-10(2)14(23)22-9-8-18-15(22)24/h4-7,10H,3,8-9H2,1-2H3,(H,18,24)/t10-/m0/s1. The van der Waals surface area contributed by atoms with Gasteiger partial charge in [-0.15, -0.1) is 10.2 Å². The van der Waals surface area contributed by atoms with Crippen LogP contribution in [0.1, 0.15) is 13.8 Å². The highest BCUT2D eigenvalue weighted by molar-refractivity contribution is 8.00. The third-order valence-corrected chi connectivity index (χ3v) is 5.21. The number of urea groups is 1. The number of nitrogens with one attached hydrogen (secondary N) is 1. The molecule has 1 aliphatic rings. The largest absolute Gasteiger partial charge is 0.336 e. The third-order valence-electron chi connectivity index (χ3n) is 3.89. The van der Waals surface area contributed by atoms with Crippen LogP contribution >= 0.6 is 23.4 Å². The molecule has 132 valence electrons. The number of carbonyl (C=O) groups is 2. The van der Waals surface area contributed by atoms with Gasteiger partial charge in [-0.1, -0.05) is 23.4 Å². The number of amides is 3. The number of hydrogen-bond acceptors (Lipinski definition) is 5. The molecule has 1 saturated heterocycles. The second kappa shape index (κ2) is 7.45. The molecule has 1 aromatic carbocycles. The average Bonchev–Trinajstić information content (AvgIpc) is 3.20. The molecule has 3 amide bonds. The zero-order chi connectivity index (χ0) is 18.0. The number of halogens is 1. The minimum absolute atomic E-state index is 0.223. The lowest BCUT2D eigenvalue weighted by atomic mass is 10.2. The third kappa shape index (κ3) is 3.64. The van der Waals surface area contributed by atoms with E-state index >= 15 is 0 Å². The molecule has 0 aliphatic carbocycles. The zero-order valence-electron chi connectivity index (χ0n) is 13.9. The number of hydrogen-bond donors (Lipinski definition) is 1. The van der Waals surface area contributed by atoms with Gasteiger partial charge in [0.05, 0.1) is 5.25 Å². The predicted octanol–water partition coefficient (Wildman–Crippen LogP) is 2.65. The summed E-state index contributed by atoms with van der Waals surface area (Å²) < 4.78 is 1.95. The molecule has 0 saturated carbocycles. The summed E-state index contributed by atoms with van der Waals surface area (Å²) in [6.07, 6.45) is 0. The van der Waals surface area contributed by atoms with Crippen LogP contribution in [0.15, 0.2) is 29.4 Å². The minimum Gasteiger partial charge on any atom is -0.336 e. The Morgan fingerprint density at radius 1 is 1.36 bits per heavy atom. The zero-order valence-corrected chi connectivity index (χ0v) is 15.5. The van der Waals surface area contributed by atoms with Crippen LogP contribution in [0.25, 0.3) is 11.4 Å². The van der Waals surface area contributed by atoms with Crippen LogP contribution in [0.5, 0.6) is 0 Å². The fourth-order valence-electron chi connectivity index (χ4n) is 2.58. The fraction of sp³-hybridized carbons (Fsp3) is 0.375. The van der Waals surface area contributed by atoms with E-state index in [-0.39, 0.29) is 11.9 Å². The van der Waals surface area contributed by atoms with Gasteiger partial charge in [-0.3, -0.25) is 9.69 Å². The van der Waals surface area contributed by atoms with Crippen LogP contribution in [0, 0.1) is 0 Å². The molecule has 2 aromatic rings. The van der Waals surface area contributed by atoms with Crippen molar-refractivity contribution in [2.24, 2.45) is 0 Å². The molecule has 1 fully saturated rings. The van der Waals surface area contributed by atoms with E-state index in [2.05, 4.69) is 15.5 Å². The van der Waals surface area contributed by atoms with Gasteiger partial charge >= 0.3 is 6.03 Å². The van der Waals surface area contributed by atoms with Gasteiger partial charge in [-0.25, -0.2) is 4.79 Å². The van der Waals surface area contributed by atoms with Crippen LogP contribution in [0.4, 0.5) is 4.79 Å². The van der Waals surface area contributed by atoms with Gasteiger partial charge in [-0.05, 0) is 38.1 Å². The number of thioether (sulfide) groups is 1. The van der Waals surface area contributed by atoms with Crippen LogP contribution in [0.2, 0.25) is 5.02 Å². The maximum Gasteiger partial charge on any atom is 0.324 e. The summed E-state index contributed by atoms with van der Waals surface area (Å²) in [4.78, 5) is 25.3. The van der Waals surface area contributed by atoms with Gasteiger partial charge in [0.15, 0.2) is 11.0 Å². The molecule has 3 rings (SSSR count). The summed E-state index contributed by atoms with van der Waals surface area (Å²) in [7, 11) is 0. The molecule has 1 aliphatic heterocycles. The first-order valence-electron chi connectivity index (χ1n) is 7.96. The Hall–Kier alpha value is -2.06. The number of benzene rings is 1. The van der Waals surface area contributed by atoms with Crippen LogP contribution < -0.4 is 5.32 Å². The van der Waals surface area contributed by atoms with E-state index < -0.39 is 5.25 Å². The van der Waals surface area contributed by atoms with E-state index in [0.717, 1.165) is 11.4 Å². The van der Waals surface area contributed by atoms with E-state index in [9.17, 15) is 9.59 Å². The highest BCUT2D eigenvalue weighted by atomic mass is 35.5. The number of rotatable bonds is 5. The Kier molecular flexibility index (Phi) is 5.29. The number of nitrogens with zero attached hydrogens (tertiary/aromatic N) is 4. The highest BCUT2D eigenvalue weighted by Gasteiger charge is 2.31. The van der Waals surface area contributed by atoms with Crippen molar-refractivity contribution in [3.63, 3.8) is 0 Å². The molecule has 0 radical (unpaired) electrons. The summed E-state index contributed by atoms with van der Waals surface area (Å²) in [5, 5.41) is 12.0. The lowest BCUT2D eigenvalue weighted by molar-refractivity contribution is -0.126. The molecular formula is C16H18ClN5O2S. The Morgan fingerprint density at radius 2 is 2.08 bits per heavy atom. The Labute approximate surface area is 154 Å². The van der Waals surface area contributed by atoms with Crippen molar-refractivity contribution in [1.29, 1.82) is 0 Å². The van der Waals surface area contributed by atoms with Crippen LogP contribution in [0.3, 0.4) is 0 Å². The monoisotopic (exact) mass is 379 g/mol. The summed E-state index contributed by atoms with van der Waals surface area (Å²) >= 11 is 7.24. The molecule has 1 aromatic heterocycles. The van der Waals surface area contributed by atoms with Crippen molar-refractivity contribution in [3.05, 3.63) is 29.3 Å². The van der Waals surface area contributed by atoms with Gasteiger partial charge in [-0.2, -0.15) is 0 Å². The topological polar surface area (TPSA) is 80.1 Å². The summed E-state index contributed by atoms with van der Waals surface area (Å²) in [5.41, 5.74) is 0.906. The number of carbonyl (C=O) groups excluding carboxylic acids is 2. The van der Waals surface area contributed by atoms with Crippen LogP contribution in [-0.4, -0.2) is 49.9 Å². The molecule has 7 nitrogen and oxygen atoms in total. The molecule has 0 unspecified atom stereocenters. The van der Waals surface area contributed by atoms with E-state index in [1.807, 2.05) is 23.6 Å². The quantitative estimate of drug-likeness (QED) is 0.808. The maximum absolute atomic E-state index is 12.4. The molecule has 25 heavy (non-hydrogen) atoms. The van der Waals surface area contributed by atoms with E-state index in [1.165, 1.54) is 16.7 Å². The van der Waals surface area contributed by atoms with Gasteiger partial charge in [0.2, 0.25) is 5.91 Å². The van der Waals surface area contributed by atoms with Crippen molar-refractivity contribution in [3.8, 4) is 11.4 Å². The maximum atomic E-state index is 12.4. The van der Waals surface area contributed by atoms with Crippen molar-refractivity contribution in [2.75, 3.05) is 13.1 Å². The first-order valence-corrected chi connectivity index (χ1v) is 9.22.